The summed E-state index contributed by atoms with van der Waals surface area (Å²) in [5.41, 5.74) is 0.963. The van der Waals surface area contributed by atoms with Gasteiger partial charge in [0.25, 0.3) is 0 Å². The van der Waals surface area contributed by atoms with Crippen molar-refractivity contribution in [2.75, 3.05) is 46.4 Å². The highest BCUT2D eigenvalue weighted by Crippen LogP contribution is 2.15. The molecule has 0 N–H and O–H groups in total. The van der Waals surface area contributed by atoms with Crippen LogP contribution in [-0.2, 0) is 0 Å². The molecule has 0 atom stereocenters. The Labute approximate surface area is 119 Å². The summed E-state index contributed by atoms with van der Waals surface area (Å²) in [5, 5.41) is 4.31. The zero-order valence-corrected chi connectivity index (χ0v) is 12.1. The van der Waals surface area contributed by atoms with E-state index in [1.165, 1.54) is 0 Å². The quantitative estimate of drug-likeness (QED) is 0.820. The Morgan fingerprint density at radius 2 is 2.05 bits per heavy atom. The molecular weight excluding hydrogens is 254 g/mol. The molecule has 0 radical (unpaired) electrons. The highest BCUT2D eigenvalue weighted by molar-refractivity contribution is 5.49. The molecule has 0 spiro atoms. The Morgan fingerprint density at radius 1 is 1.25 bits per heavy atom. The molecule has 1 fully saturated rings. The van der Waals surface area contributed by atoms with E-state index in [1.807, 2.05) is 29.9 Å². The second-order valence-corrected chi connectivity index (χ2v) is 5.34. The molecule has 0 aromatic carbocycles. The maximum atomic E-state index is 5.82. The molecule has 108 valence electrons. The van der Waals surface area contributed by atoms with Crippen molar-refractivity contribution < 1.29 is 4.74 Å². The predicted molar refractivity (Wildman–Crippen MR) is 77.2 cm³/mol. The maximum absolute atomic E-state index is 5.82. The molecule has 0 unspecified atom stereocenters. The lowest BCUT2D eigenvalue weighted by molar-refractivity contribution is 0.134. The van der Waals surface area contributed by atoms with E-state index in [9.17, 15) is 0 Å². The first kappa shape index (κ1) is 13.3. The fourth-order valence-electron chi connectivity index (χ4n) is 2.41. The van der Waals surface area contributed by atoms with Crippen LogP contribution in [-0.4, -0.2) is 70.8 Å². The number of fused-ring (bicyclic) bond motifs is 1. The van der Waals surface area contributed by atoms with Crippen LogP contribution in [0.5, 0.6) is 5.75 Å². The van der Waals surface area contributed by atoms with Gasteiger partial charge in [0.2, 0.25) is 0 Å². The zero-order chi connectivity index (χ0) is 13.9. The van der Waals surface area contributed by atoms with Crippen LogP contribution >= 0.6 is 0 Å². The van der Waals surface area contributed by atoms with E-state index < -0.39 is 0 Å². The van der Waals surface area contributed by atoms with Crippen LogP contribution in [0, 0.1) is 6.92 Å². The van der Waals surface area contributed by atoms with Gasteiger partial charge in [-0.3, -0.25) is 4.90 Å². The van der Waals surface area contributed by atoms with Crippen LogP contribution < -0.4 is 4.74 Å². The second-order valence-electron chi connectivity index (χ2n) is 5.34. The molecule has 6 nitrogen and oxygen atoms in total. The fourth-order valence-corrected chi connectivity index (χ4v) is 2.41. The van der Waals surface area contributed by atoms with Crippen LogP contribution in [0.15, 0.2) is 18.5 Å². The molecule has 3 heterocycles. The number of ether oxygens (including phenoxy) is 1. The molecule has 6 heteroatoms. The lowest BCUT2D eigenvalue weighted by Crippen LogP contribution is -2.45. The smallest absolute Gasteiger partial charge is 0.146 e. The Hall–Kier alpha value is -1.66. The standard InChI is InChI=1S/C14H21N5O/c1-12-15-10-13-9-14(11-19(13)16-12)20-8-7-18-5-3-17(2)4-6-18/h9-11H,3-8H2,1-2H3. The van der Waals surface area contributed by atoms with Crippen LogP contribution in [0.25, 0.3) is 5.52 Å². The Balaban J connectivity index is 1.52. The summed E-state index contributed by atoms with van der Waals surface area (Å²) >= 11 is 0. The van der Waals surface area contributed by atoms with Gasteiger partial charge in [0, 0.05) is 38.8 Å². The predicted octanol–water partition coefficient (Wildman–Crippen LogP) is 0.664. The second kappa shape index (κ2) is 5.76. The number of rotatable bonds is 4. The minimum absolute atomic E-state index is 0.715. The molecule has 0 aliphatic carbocycles. The van der Waals surface area contributed by atoms with Crippen molar-refractivity contribution >= 4 is 5.52 Å². The number of aryl methyl sites for hydroxylation is 1. The van der Waals surface area contributed by atoms with Crippen LogP contribution in [0.2, 0.25) is 0 Å². The average Bonchev–Trinajstić information content (AvgIpc) is 2.83. The summed E-state index contributed by atoms with van der Waals surface area (Å²) in [7, 11) is 2.17. The molecular formula is C14H21N5O. The van der Waals surface area contributed by atoms with Crippen LogP contribution in [0.3, 0.4) is 0 Å². The van der Waals surface area contributed by atoms with Gasteiger partial charge in [-0.2, -0.15) is 5.10 Å². The number of aromatic nitrogens is 3. The van der Waals surface area contributed by atoms with E-state index in [1.54, 1.807) is 0 Å². The number of hydrogen-bond donors (Lipinski definition) is 0. The third-order valence-electron chi connectivity index (χ3n) is 3.71. The van der Waals surface area contributed by atoms with Crippen LogP contribution in [0.4, 0.5) is 0 Å². The Morgan fingerprint density at radius 3 is 2.85 bits per heavy atom. The van der Waals surface area contributed by atoms with Gasteiger partial charge in [-0.25, -0.2) is 9.50 Å². The summed E-state index contributed by atoms with van der Waals surface area (Å²) in [4.78, 5) is 8.99. The number of hydrogen-bond acceptors (Lipinski definition) is 5. The van der Waals surface area contributed by atoms with Crippen molar-refractivity contribution in [3.8, 4) is 5.75 Å². The molecule has 2 aromatic rings. The first-order valence-corrected chi connectivity index (χ1v) is 7.06. The number of piperazine rings is 1. The Kier molecular flexibility index (Phi) is 3.84. The van der Waals surface area contributed by atoms with Gasteiger partial charge in [-0.05, 0) is 14.0 Å². The van der Waals surface area contributed by atoms with Gasteiger partial charge in [0.05, 0.1) is 17.9 Å². The molecule has 2 aromatic heterocycles. The van der Waals surface area contributed by atoms with E-state index in [2.05, 4.69) is 26.9 Å². The van der Waals surface area contributed by atoms with Crippen molar-refractivity contribution in [2.24, 2.45) is 0 Å². The highest BCUT2D eigenvalue weighted by atomic mass is 16.5. The van der Waals surface area contributed by atoms with Gasteiger partial charge < -0.3 is 9.64 Å². The first-order chi connectivity index (χ1) is 9.70. The normalized spacial score (nSPS) is 17.7. The van der Waals surface area contributed by atoms with E-state index in [4.69, 9.17) is 4.74 Å². The molecule has 1 aliphatic rings. The van der Waals surface area contributed by atoms with Crippen molar-refractivity contribution in [3.05, 3.63) is 24.3 Å². The summed E-state index contributed by atoms with van der Waals surface area (Å²) in [6.45, 7) is 8.12. The van der Waals surface area contributed by atoms with Crippen molar-refractivity contribution in [3.63, 3.8) is 0 Å². The summed E-state index contributed by atoms with van der Waals surface area (Å²) in [6.07, 6.45) is 3.73. The van der Waals surface area contributed by atoms with Gasteiger partial charge >= 0.3 is 0 Å². The molecule has 0 amide bonds. The van der Waals surface area contributed by atoms with Crippen molar-refractivity contribution in [1.82, 2.24) is 24.4 Å². The van der Waals surface area contributed by atoms with Gasteiger partial charge in [0.1, 0.15) is 18.2 Å². The van der Waals surface area contributed by atoms with Crippen LogP contribution in [0.1, 0.15) is 5.82 Å². The highest BCUT2D eigenvalue weighted by Gasteiger charge is 2.13. The average molecular weight is 275 g/mol. The minimum Gasteiger partial charge on any atom is -0.491 e. The minimum atomic E-state index is 0.715. The lowest BCUT2D eigenvalue weighted by atomic mass is 10.3. The molecule has 0 bridgehead atoms. The lowest BCUT2D eigenvalue weighted by Gasteiger charge is -2.32. The zero-order valence-electron chi connectivity index (χ0n) is 12.1. The maximum Gasteiger partial charge on any atom is 0.146 e. The molecule has 3 rings (SSSR count). The van der Waals surface area contributed by atoms with E-state index >= 15 is 0 Å². The summed E-state index contributed by atoms with van der Waals surface area (Å²) in [6, 6.07) is 1.98. The topological polar surface area (TPSA) is 45.9 Å². The van der Waals surface area contributed by atoms with E-state index in [-0.39, 0.29) is 0 Å². The Bertz CT molecular complexity index is 574. The first-order valence-electron chi connectivity index (χ1n) is 7.06. The molecule has 1 aliphatic heterocycles. The third kappa shape index (κ3) is 3.08. The SMILES string of the molecule is Cc1ncc2cc(OCCN3CCN(C)CC3)cn2n1. The van der Waals surface area contributed by atoms with Gasteiger partial charge in [0.15, 0.2) is 0 Å². The van der Waals surface area contributed by atoms with Gasteiger partial charge in [-0.15, -0.1) is 0 Å². The summed E-state index contributed by atoms with van der Waals surface area (Å²) in [5.74, 6) is 1.62. The number of likely N-dealkylation sites (N-methyl/N-ethyl adjacent to an activating group) is 1. The molecule has 1 saturated heterocycles. The molecule has 20 heavy (non-hydrogen) atoms. The summed E-state index contributed by atoms with van der Waals surface area (Å²) < 4.78 is 7.63. The number of nitrogens with zero attached hydrogens (tertiary/aromatic N) is 5. The monoisotopic (exact) mass is 275 g/mol. The van der Waals surface area contributed by atoms with E-state index in [0.717, 1.165) is 49.8 Å². The van der Waals surface area contributed by atoms with Gasteiger partial charge in [-0.1, -0.05) is 0 Å². The molecule has 0 saturated carbocycles. The fraction of sp³-hybridized carbons (Fsp3) is 0.571. The largest absolute Gasteiger partial charge is 0.491 e. The van der Waals surface area contributed by atoms with Crippen molar-refractivity contribution in [2.45, 2.75) is 6.92 Å². The third-order valence-corrected chi connectivity index (χ3v) is 3.71. The van der Waals surface area contributed by atoms with Crippen molar-refractivity contribution in [1.29, 1.82) is 0 Å². The van der Waals surface area contributed by atoms with E-state index in [0.29, 0.717) is 6.61 Å².